The summed E-state index contributed by atoms with van der Waals surface area (Å²) in [6.45, 7) is 0.559. The third kappa shape index (κ3) is 3.99. The number of nitrogens with one attached hydrogen (secondary N) is 1. The summed E-state index contributed by atoms with van der Waals surface area (Å²) in [5, 5.41) is 2.70. The molecule has 0 bridgehead atoms. The van der Waals surface area contributed by atoms with Gasteiger partial charge in [-0.25, -0.2) is 4.79 Å². The van der Waals surface area contributed by atoms with Gasteiger partial charge in [-0.3, -0.25) is 9.89 Å². The zero-order valence-electron chi connectivity index (χ0n) is 13.3. The molecule has 0 saturated carbocycles. The van der Waals surface area contributed by atoms with Crippen molar-refractivity contribution in [3.8, 4) is 0 Å². The van der Waals surface area contributed by atoms with Crippen molar-refractivity contribution >= 4 is 23.2 Å². The number of halogens is 3. The first-order valence-corrected chi connectivity index (χ1v) is 7.82. The van der Waals surface area contributed by atoms with Crippen LogP contribution in [-0.2, 0) is 6.18 Å². The molecule has 3 rings (SSSR count). The lowest BCUT2D eigenvalue weighted by Crippen LogP contribution is -2.39. The summed E-state index contributed by atoms with van der Waals surface area (Å²) < 4.78 is 39.0. The van der Waals surface area contributed by atoms with Crippen LogP contribution in [0.25, 0.3) is 0 Å². The molecule has 0 spiro atoms. The number of carbonyl (C=O) groups is 1. The molecule has 2 aromatic carbocycles. The van der Waals surface area contributed by atoms with Gasteiger partial charge in [0.2, 0.25) is 0 Å². The second-order valence-corrected chi connectivity index (χ2v) is 5.58. The highest BCUT2D eigenvalue weighted by molar-refractivity contribution is 6.20. The largest absolute Gasteiger partial charge is 0.416 e. The summed E-state index contributed by atoms with van der Waals surface area (Å²) in [6.07, 6.45) is -3.17. The molecule has 130 valence electrons. The number of rotatable bonds is 2. The highest BCUT2D eigenvalue weighted by Gasteiger charge is 2.32. The molecule has 1 aliphatic heterocycles. The fourth-order valence-corrected chi connectivity index (χ4v) is 2.61. The first-order chi connectivity index (χ1) is 11.9. The molecule has 0 unspecified atom stereocenters. The van der Waals surface area contributed by atoms with Crippen molar-refractivity contribution in [2.45, 2.75) is 19.0 Å². The molecule has 7 heteroatoms. The highest BCUT2D eigenvalue weighted by atomic mass is 19.4. The summed E-state index contributed by atoms with van der Waals surface area (Å²) in [4.78, 5) is 18.2. The van der Waals surface area contributed by atoms with E-state index in [2.05, 4.69) is 10.3 Å². The number of amidine groups is 1. The molecule has 2 amide bonds. The third-order valence-corrected chi connectivity index (χ3v) is 3.77. The fourth-order valence-electron chi connectivity index (χ4n) is 2.61. The Balaban J connectivity index is 1.94. The van der Waals surface area contributed by atoms with Gasteiger partial charge >= 0.3 is 12.2 Å². The van der Waals surface area contributed by atoms with Gasteiger partial charge in [-0.2, -0.15) is 13.2 Å². The van der Waals surface area contributed by atoms with E-state index in [1.807, 2.05) is 0 Å². The van der Waals surface area contributed by atoms with E-state index in [9.17, 15) is 18.0 Å². The van der Waals surface area contributed by atoms with Crippen molar-refractivity contribution < 1.29 is 18.0 Å². The summed E-state index contributed by atoms with van der Waals surface area (Å²) in [5.74, 6) is 0.466. The Kier molecular flexibility index (Phi) is 4.74. The molecule has 25 heavy (non-hydrogen) atoms. The van der Waals surface area contributed by atoms with Crippen molar-refractivity contribution in [3.05, 3.63) is 60.2 Å². The van der Waals surface area contributed by atoms with Gasteiger partial charge in [-0.15, -0.1) is 0 Å². The normalized spacial score (nSPS) is 14.1. The number of alkyl halides is 3. The molecule has 1 aliphatic rings. The van der Waals surface area contributed by atoms with E-state index < -0.39 is 17.8 Å². The van der Waals surface area contributed by atoms with Gasteiger partial charge in [0.25, 0.3) is 0 Å². The maximum Gasteiger partial charge on any atom is 0.416 e. The molecule has 0 aromatic heterocycles. The molecule has 1 heterocycles. The van der Waals surface area contributed by atoms with Crippen molar-refractivity contribution in [2.24, 2.45) is 4.99 Å². The van der Waals surface area contributed by atoms with Gasteiger partial charge < -0.3 is 5.32 Å². The number of carbonyl (C=O) groups excluding carboxylic acids is 1. The predicted molar refractivity (Wildman–Crippen MR) is 90.9 cm³/mol. The van der Waals surface area contributed by atoms with Crippen LogP contribution in [0.5, 0.6) is 0 Å². The number of benzene rings is 2. The molecule has 0 aliphatic carbocycles. The average Bonchev–Trinajstić information content (AvgIpc) is 3.09. The number of aliphatic imine (C=N–C) groups is 1. The second kappa shape index (κ2) is 6.96. The third-order valence-electron chi connectivity index (χ3n) is 3.77. The Bertz CT molecular complexity index is 788. The van der Waals surface area contributed by atoms with Crippen LogP contribution in [0, 0.1) is 0 Å². The molecule has 2 aromatic rings. The number of nitrogens with zero attached hydrogens (tertiary/aromatic N) is 2. The highest BCUT2D eigenvalue weighted by Crippen LogP contribution is 2.32. The van der Waals surface area contributed by atoms with Crippen LogP contribution < -0.4 is 10.2 Å². The first-order valence-electron chi connectivity index (χ1n) is 7.82. The van der Waals surface area contributed by atoms with Gasteiger partial charge in [0.1, 0.15) is 5.84 Å². The van der Waals surface area contributed by atoms with Crippen molar-refractivity contribution in [2.75, 3.05) is 16.8 Å². The lowest BCUT2D eigenvalue weighted by atomic mass is 10.1. The van der Waals surface area contributed by atoms with Crippen LogP contribution in [0.3, 0.4) is 0 Å². The van der Waals surface area contributed by atoms with Crippen LogP contribution >= 0.6 is 0 Å². The lowest BCUT2D eigenvalue weighted by molar-refractivity contribution is -0.137. The monoisotopic (exact) mass is 347 g/mol. The standard InChI is InChI=1S/C18H16F3N3O/c19-18(20,21)13-6-4-9-15(12-13)24(16-10-5-11-22-16)17(25)23-14-7-2-1-3-8-14/h1-4,6-9,12H,5,10-11H2,(H,23,25). The van der Waals surface area contributed by atoms with Crippen molar-refractivity contribution in [1.29, 1.82) is 0 Å². The quantitative estimate of drug-likeness (QED) is 0.822. The van der Waals surface area contributed by atoms with E-state index in [1.165, 1.54) is 17.0 Å². The minimum Gasteiger partial charge on any atom is -0.307 e. The summed E-state index contributed by atoms with van der Waals surface area (Å²) in [5.41, 5.74) is -0.104. The number of hydrogen-bond acceptors (Lipinski definition) is 2. The Morgan fingerprint density at radius 1 is 1.08 bits per heavy atom. The van der Waals surface area contributed by atoms with E-state index in [0.717, 1.165) is 18.6 Å². The fraction of sp³-hybridized carbons (Fsp3) is 0.222. The Morgan fingerprint density at radius 2 is 1.84 bits per heavy atom. The average molecular weight is 347 g/mol. The Morgan fingerprint density at radius 3 is 2.48 bits per heavy atom. The molecule has 4 nitrogen and oxygen atoms in total. The minimum atomic E-state index is -4.48. The Labute approximate surface area is 143 Å². The van der Waals surface area contributed by atoms with E-state index in [-0.39, 0.29) is 5.69 Å². The SMILES string of the molecule is O=C(Nc1ccccc1)N(C1=NCCC1)c1cccc(C(F)(F)F)c1. The zero-order chi connectivity index (χ0) is 17.9. The maximum atomic E-state index is 13.0. The predicted octanol–water partition coefficient (Wildman–Crippen LogP) is 4.94. The number of para-hydroxylation sites is 1. The van der Waals surface area contributed by atoms with Crippen LogP contribution in [-0.4, -0.2) is 18.4 Å². The van der Waals surface area contributed by atoms with Crippen LogP contribution in [0.1, 0.15) is 18.4 Å². The molecule has 0 fully saturated rings. The van der Waals surface area contributed by atoms with Crippen LogP contribution in [0.2, 0.25) is 0 Å². The summed E-state index contributed by atoms with van der Waals surface area (Å²) in [6, 6.07) is 12.9. The summed E-state index contributed by atoms with van der Waals surface area (Å²) >= 11 is 0. The number of amides is 2. The number of anilines is 2. The van der Waals surface area contributed by atoms with Gasteiger partial charge in [-0.1, -0.05) is 24.3 Å². The van der Waals surface area contributed by atoms with Crippen LogP contribution in [0.15, 0.2) is 59.6 Å². The zero-order valence-corrected chi connectivity index (χ0v) is 13.3. The second-order valence-electron chi connectivity index (χ2n) is 5.58. The topological polar surface area (TPSA) is 44.7 Å². The molecular weight excluding hydrogens is 331 g/mol. The van der Waals surface area contributed by atoms with E-state index in [1.54, 1.807) is 30.3 Å². The van der Waals surface area contributed by atoms with Crippen molar-refractivity contribution in [1.82, 2.24) is 0 Å². The maximum absolute atomic E-state index is 13.0. The lowest BCUT2D eigenvalue weighted by Gasteiger charge is -2.24. The molecule has 0 saturated heterocycles. The van der Waals surface area contributed by atoms with Crippen LogP contribution in [0.4, 0.5) is 29.3 Å². The van der Waals surface area contributed by atoms with Gasteiger partial charge in [0, 0.05) is 18.7 Å². The first kappa shape index (κ1) is 17.0. The van der Waals surface area contributed by atoms with Crippen molar-refractivity contribution in [3.63, 3.8) is 0 Å². The molecule has 0 radical (unpaired) electrons. The van der Waals surface area contributed by atoms with E-state index in [4.69, 9.17) is 0 Å². The van der Waals surface area contributed by atoms with Gasteiger partial charge in [0.05, 0.1) is 11.3 Å². The van der Waals surface area contributed by atoms with Gasteiger partial charge in [-0.05, 0) is 36.8 Å². The number of urea groups is 1. The van der Waals surface area contributed by atoms with Gasteiger partial charge in [0.15, 0.2) is 0 Å². The van der Waals surface area contributed by atoms with E-state index in [0.29, 0.717) is 24.5 Å². The molecule has 1 N–H and O–H groups in total. The molecule has 0 atom stereocenters. The Hall–Kier alpha value is -2.83. The number of hydrogen-bond donors (Lipinski definition) is 1. The van der Waals surface area contributed by atoms with E-state index >= 15 is 0 Å². The molecular formula is C18H16F3N3O. The smallest absolute Gasteiger partial charge is 0.307 e. The minimum absolute atomic E-state index is 0.143. The summed E-state index contributed by atoms with van der Waals surface area (Å²) in [7, 11) is 0.